The zero-order chi connectivity index (χ0) is 20.8. The van der Waals surface area contributed by atoms with Gasteiger partial charge in [0.1, 0.15) is 5.82 Å². The van der Waals surface area contributed by atoms with Gasteiger partial charge in [0.2, 0.25) is 5.91 Å². The molecule has 0 saturated carbocycles. The van der Waals surface area contributed by atoms with Crippen molar-refractivity contribution >= 4 is 46.6 Å². The number of nitrogens with one attached hydrogen (secondary N) is 1. The number of rotatable bonds is 8. The molecule has 0 radical (unpaired) electrons. The van der Waals surface area contributed by atoms with Crippen molar-refractivity contribution in [3.63, 3.8) is 0 Å². The molecular formula is C21H20Cl2N4OS. The van der Waals surface area contributed by atoms with Crippen LogP contribution in [0.25, 0.3) is 0 Å². The van der Waals surface area contributed by atoms with Crippen molar-refractivity contribution in [2.45, 2.75) is 30.3 Å². The van der Waals surface area contributed by atoms with Gasteiger partial charge in [-0.2, -0.15) is 0 Å². The van der Waals surface area contributed by atoms with Gasteiger partial charge in [-0.15, -0.1) is 16.8 Å². The molecule has 5 nitrogen and oxygen atoms in total. The van der Waals surface area contributed by atoms with Crippen molar-refractivity contribution in [3.05, 3.63) is 82.6 Å². The first-order valence-corrected chi connectivity index (χ1v) is 10.6. The fourth-order valence-electron chi connectivity index (χ4n) is 2.67. The Morgan fingerprint density at radius 2 is 1.97 bits per heavy atom. The Hall–Kier alpha value is -2.28. The molecule has 0 aliphatic heterocycles. The number of anilines is 1. The lowest BCUT2D eigenvalue weighted by Gasteiger charge is -2.14. The molecule has 0 bridgehead atoms. The summed E-state index contributed by atoms with van der Waals surface area (Å²) in [5.41, 5.74) is 1.62. The molecular weight excluding hydrogens is 427 g/mol. The average molecular weight is 447 g/mol. The van der Waals surface area contributed by atoms with Crippen molar-refractivity contribution in [1.82, 2.24) is 14.8 Å². The molecule has 1 aromatic heterocycles. The molecule has 8 heteroatoms. The maximum absolute atomic E-state index is 12.6. The van der Waals surface area contributed by atoms with Crippen molar-refractivity contribution in [2.75, 3.05) is 5.32 Å². The fraction of sp³-hybridized carbons (Fsp3) is 0.190. The van der Waals surface area contributed by atoms with E-state index in [0.29, 0.717) is 33.9 Å². The molecule has 150 valence electrons. The largest absolute Gasteiger partial charge is 0.324 e. The van der Waals surface area contributed by atoms with E-state index in [4.69, 9.17) is 23.2 Å². The Balaban J connectivity index is 1.73. The molecule has 0 saturated heterocycles. The van der Waals surface area contributed by atoms with Crippen LogP contribution in [0.4, 0.5) is 5.69 Å². The Bertz CT molecular complexity index is 1010. The highest BCUT2D eigenvalue weighted by molar-refractivity contribution is 8.00. The second-order valence-corrected chi connectivity index (χ2v) is 8.40. The predicted octanol–water partition coefficient (Wildman–Crippen LogP) is 5.48. The van der Waals surface area contributed by atoms with E-state index in [9.17, 15) is 4.79 Å². The number of hydrogen-bond acceptors (Lipinski definition) is 4. The molecule has 0 fully saturated rings. The molecule has 29 heavy (non-hydrogen) atoms. The number of hydrogen-bond donors (Lipinski definition) is 1. The van der Waals surface area contributed by atoms with Gasteiger partial charge in [-0.05, 0) is 24.6 Å². The summed E-state index contributed by atoms with van der Waals surface area (Å²) in [5, 5.41) is 12.4. The number of carbonyl (C=O) groups is 1. The van der Waals surface area contributed by atoms with Gasteiger partial charge in [-0.3, -0.25) is 4.79 Å². The first-order chi connectivity index (χ1) is 14.0. The van der Waals surface area contributed by atoms with Gasteiger partial charge in [0.15, 0.2) is 5.16 Å². The van der Waals surface area contributed by atoms with Gasteiger partial charge in [0, 0.05) is 13.0 Å². The fourth-order valence-corrected chi connectivity index (χ4v) is 3.90. The van der Waals surface area contributed by atoms with Crippen LogP contribution in [0.3, 0.4) is 0 Å². The number of carbonyl (C=O) groups excluding carboxylic acids is 1. The van der Waals surface area contributed by atoms with Crippen LogP contribution in [0.2, 0.25) is 10.0 Å². The van der Waals surface area contributed by atoms with E-state index >= 15 is 0 Å². The van der Waals surface area contributed by atoms with Gasteiger partial charge < -0.3 is 9.88 Å². The summed E-state index contributed by atoms with van der Waals surface area (Å²) in [6.45, 7) is 6.19. The summed E-state index contributed by atoms with van der Waals surface area (Å²) >= 11 is 13.5. The average Bonchev–Trinajstić information content (AvgIpc) is 3.07. The molecule has 1 amide bonds. The minimum Gasteiger partial charge on any atom is -0.324 e. The Kier molecular flexibility index (Phi) is 7.36. The summed E-state index contributed by atoms with van der Waals surface area (Å²) < 4.78 is 1.97. The summed E-state index contributed by atoms with van der Waals surface area (Å²) in [5.74, 6) is 0.626. The highest BCUT2D eigenvalue weighted by atomic mass is 35.5. The van der Waals surface area contributed by atoms with Crippen molar-refractivity contribution in [1.29, 1.82) is 0 Å². The van der Waals surface area contributed by atoms with E-state index in [1.54, 1.807) is 24.3 Å². The summed E-state index contributed by atoms with van der Waals surface area (Å²) in [4.78, 5) is 12.6. The summed E-state index contributed by atoms with van der Waals surface area (Å²) in [7, 11) is 0. The molecule has 0 spiro atoms. The Morgan fingerprint density at radius 3 is 2.69 bits per heavy atom. The predicted molar refractivity (Wildman–Crippen MR) is 120 cm³/mol. The number of aromatic nitrogens is 3. The molecule has 0 aliphatic carbocycles. The maximum atomic E-state index is 12.6. The Labute approximate surface area is 184 Å². The lowest BCUT2D eigenvalue weighted by Crippen LogP contribution is -2.23. The lowest BCUT2D eigenvalue weighted by molar-refractivity contribution is -0.115. The number of allylic oxidation sites excluding steroid dienone is 1. The Morgan fingerprint density at radius 1 is 1.21 bits per heavy atom. The molecule has 0 aliphatic rings. The molecule has 2 aromatic carbocycles. The van der Waals surface area contributed by atoms with E-state index in [1.807, 2.05) is 41.8 Å². The van der Waals surface area contributed by atoms with Crippen molar-refractivity contribution < 1.29 is 4.79 Å². The van der Waals surface area contributed by atoms with E-state index in [2.05, 4.69) is 22.1 Å². The zero-order valence-electron chi connectivity index (χ0n) is 15.8. The van der Waals surface area contributed by atoms with Crippen molar-refractivity contribution in [3.8, 4) is 0 Å². The third-order valence-corrected chi connectivity index (χ3v) is 6.07. The second kappa shape index (κ2) is 9.96. The molecule has 3 aromatic rings. The zero-order valence-corrected chi connectivity index (χ0v) is 18.1. The number of thioether (sulfide) groups is 1. The standard InChI is InChI=1S/C21H20Cl2N4OS/c1-3-12-27-18(13-15-8-5-4-6-9-15)25-26-21(27)29-14(2)20(28)24-17-11-7-10-16(22)19(17)23/h3-11,14H,1,12-13H2,2H3,(H,24,28). The molecule has 3 rings (SSSR count). The number of benzene rings is 2. The van der Waals surface area contributed by atoms with Crippen LogP contribution < -0.4 is 5.32 Å². The van der Waals surface area contributed by atoms with Crippen LogP contribution in [-0.2, 0) is 17.8 Å². The van der Waals surface area contributed by atoms with Gasteiger partial charge in [0.05, 0.1) is 21.0 Å². The van der Waals surface area contributed by atoms with Gasteiger partial charge in [-0.25, -0.2) is 0 Å². The summed E-state index contributed by atoms with van der Waals surface area (Å²) in [6.07, 6.45) is 2.44. The van der Waals surface area contributed by atoms with Crippen molar-refractivity contribution in [2.24, 2.45) is 0 Å². The molecule has 1 unspecified atom stereocenters. The highest BCUT2D eigenvalue weighted by Crippen LogP contribution is 2.31. The van der Waals surface area contributed by atoms with E-state index in [-0.39, 0.29) is 5.91 Å². The van der Waals surface area contributed by atoms with Gasteiger partial charge in [0.25, 0.3) is 0 Å². The third-order valence-electron chi connectivity index (χ3n) is 4.17. The SMILES string of the molecule is C=CCn1c(Cc2ccccc2)nnc1SC(C)C(=O)Nc1cccc(Cl)c1Cl. The maximum Gasteiger partial charge on any atom is 0.237 e. The second-order valence-electron chi connectivity index (χ2n) is 6.31. The minimum absolute atomic E-state index is 0.197. The lowest BCUT2D eigenvalue weighted by atomic mass is 10.1. The van der Waals surface area contributed by atoms with E-state index in [1.165, 1.54) is 11.8 Å². The van der Waals surface area contributed by atoms with Crippen LogP contribution in [0.1, 0.15) is 18.3 Å². The quantitative estimate of drug-likeness (QED) is 0.367. The van der Waals surface area contributed by atoms with E-state index < -0.39 is 5.25 Å². The molecule has 1 N–H and O–H groups in total. The van der Waals surface area contributed by atoms with Crippen LogP contribution in [0, 0.1) is 0 Å². The van der Waals surface area contributed by atoms with Crippen LogP contribution in [0.15, 0.2) is 66.3 Å². The smallest absolute Gasteiger partial charge is 0.237 e. The van der Waals surface area contributed by atoms with Gasteiger partial charge in [-0.1, -0.05) is 77.4 Å². The number of amides is 1. The van der Waals surface area contributed by atoms with E-state index in [0.717, 1.165) is 11.4 Å². The van der Waals surface area contributed by atoms with Gasteiger partial charge >= 0.3 is 0 Å². The van der Waals surface area contributed by atoms with Crippen LogP contribution >= 0.6 is 35.0 Å². The van der Waals surface area contributed by atoms with Crippen LogP contribution in [-0.4, -0.2) is 25.9 Å². The highest BCUT2D eigenvalue weighted by Gasteiger charge is 2.21. The first-order valence-electron chi connectivity index (χ1n) is 8.98. The molecule has 1 atom stereocenters. The number of nitrogens with zero attached hydrogens (tertiary/aromatic N) is 3. The summed E-state index contributed by atoms with van der Waals surface area (Å²) in [6, 6.07) is 15.2. The third kappa shape index (κ3) is 5.41. The van der Waals surface area contributed by atoms with Crippen LogP contribution in [0.5, 0.6) is 0 Å². The monoisotopic (exact) mass is 446 g/mol. The number of halogens is 2. The minimum atomic E-state index is -0.414. The normalized spacial score (nSPS) is 11.8. The topological polar surface area (TPSA) is 59.8 Å². The molecule has 1 heterocycles. The first kappa shape index (κ1) is 21.4.